The van der Waals surface area contributed by atoms with Crippen LogP contribution in [0.5, 0.6) is 0 Å². The largest absolute Gasteiger partial charge is 0.479 e. The van der Waals surface area contributed by atoms with Gasteiger partial charge in [0.05, 0.1) is 13.0 Å². The van der Waals surface area contributed by atoms with Crippen LogP contribution in [0.25, 0.3) is 0 Å². The van der Waals surface area contributed by atoms with Crippen molar-refractivity contribution in [3.63, 3.8) is 0 Å². The summed E-state index contributed by atoms with van der Waals surface area (Å²) in [5.41, 5.74) is 0. The fourth-order valence-corrected chi connectivity index (χ4v) is 8.53. The monoisotopic (exact) mass is 1080 g/mol. The van der Waals surface area contributed by atoms with Gasteiger partial charge in [-0.1, -0.05) is 221 Å². The summed E-state index contributed by atoms with van der Waals surface area (Å²) in [6.45, 7) is 5.71. The molecule has 0 bridgehead atoms. The zero-order chi connectivity index (χ0) is 56.1. The van der Waals surface area contributed by atoms with Gasteiger partial charge in [-0.25, -0.2) is 4.79 Å². The number of hydrogen-bond acceptors (Lipinski definition) is 11. The van der Waals surface area contributed by atoms with Crippen molar-refractivity contribution >= 4 is 23.9 Å². The third kappa shape index (κ3) is 42.3. The van der Waals surface area contributed by atoms with E-state index < -0.39 is 67.3 Å². The Balaban J connectivity index is 2.72. The Hall–Kier alpha value is -4.36. The van der Waals surface area contributed by atoms with Gasteiger partial charge in [-0.15, -0.1) is 0 Å². The second-order valence-corrected chi connectivity index (χ2v) is 20.3. The molecule has 12 nitrogen and oxygen atoms in total. The summed E-state index contributed by atoms with van der Waals surface area (Å²) < 4.78 is 28.3. The van der Waals surface area contributed by atoms with Crippen molar-refractivity contribution in [2.24, 2.45) is 0 Å². The SMILES string of the molecule is CC/C=C\C/C=C\C/C=C\C/C=C\C/C=C\CC(=O)OCC(COC1OC(C(=O)O)C(O)C(O)C1OC(=O)CCCCCCCCCCC/C=C\CCCCCCCC)OC(=O)CCCCCCC/C=C\C/C=C\CCC. The van der Waals surface area contributed by atoms with Crippen LogP contribution in [0, 0.1) is 0 Å². The van der Waals surface area contributed by atoms with Gasteiger partial charge in [0.1, 0.15) is 18.8 Å². The number of carbonyl (C=O) groups excluding carboxylic acids is 3. The Labute approximate surface area is 466 Å². The number of rotatable bonds is 50. The molecule has 0 radical (unpaired) electrons. The van der Waals surface area contributed by atoms with Crippen LogP contribution >= 0.6 is 0 Å². The summed E-state index contributed by atoms with van der Waals surface area (Å²) >= 11 is 0. The summed E-state index contributed by atoms with van der Waals surface area (Å²) in [5, 5.41) is 31.5. The van der Waals surface area contributed by atoms with Crippen LogP contribution in [0.15, 0.2) is 97.2 Å². The summed E-state index contributed by atoms with van der Waals surface area (Å²) in [4.78, 5) is 51.1. The summed E-state index contributed by atoms with van der Waals surface area (Å²) in [6, 6.07) is 0. The number of aliphatic hydroxyl groups is 2. The molecule has 0 aromatic rings. The molecule has 0 aromatic carbocycles. The number of aliphatic carboxylic acids is 1. The van der Waals surface area contributed by atoms with Crippen molar-refractivity contribution in [2.45, 2.75) is 276 Å². The van der Waals surface area contributed by atoms with Crippen molar-refractivity contribution in [3.8, 4) is 0 Å². The van der Waals surface area contributed by atoms with Gasteiger partial charge in [0.2, 0.25) is 0 Å². The van der Waals surface area contributed by atoms with Gasteiger partial charge in [0, 0.05) is 12.8 Å². The minimum absolute atomic E-state index is 0.0212. The quantitative estimate of drug-likeness (QED) is 0.0228. The van der Waals surface area contributed by atoms with Gasteiger partial charge < -0.3 is 39.0 Å². The average molecular weight is 1080 g/mol. The molecular weight excluding hydrogens is 973 g/mol. The van der Waals surface area contributed by atoms with Gasteiger partial charge >= 0.3 is 23.9 Å². The maximum absolute atomic E-state index is 13.1. The molecule has 1 fully saturated rings. The van der Waals surface area contributed by atoms with E-state index in [1.165, 1.54) is 70.6 Å². The van der Waals surface area contributed by atoms with Gasteiger partial charge in [-0.3, -0.25) is 14.4 Å². The van der Waals surface area contributed by atoms with E-state index in [1.54, 1.807) is 6.08 Å². The lowest BCUT2D eigenvalue weighted by Gasteiger charge is -2.40. The van der Waals surface area contributed by atoms with Crippen LogP contribution in [-0.4, -0.2) is 89.2 Å². The first-order valence-corrected chi connectivity index (χ1v) is 30.2. The molecule has 1 rings (SSSR count). The fourth-order valence-electron chi connectivity index (χ4n) is 8.53. The third-order valence-electron chi connectivity index (χ3n) is 13.1. The van der Waals surface area contributed by atoms with E-state index >= 15 is 0 Å². The van der Waals surface area contributed by atoms with Crippen LogP contribution in [0.3, 0.4) is 0 Å². The molecule has 1 aliphatic rings. The van der Waals surface area contributed by atoms with Crippen molar-refractivity contribution < 1.29 is 58.2 Å². The first kappa shape index (κ1) is 70.7. The summed E-state index contributed by atoms with van der Waals surface area (Å²) in [6.07, 6.45) is 56.9. The van der Waals surface area contributed by atoms with Crippen LogP contribution in [-0.2, 0) is 42.9 Å². The lowest BCUT2D eigenvalue weighted by molar-refractivity contribution is -0.301. The highest BCUT2D eigenvalue weighted by molar-refractivity contribution is 5.74. The highest BCUT2D eigenvalue weighted by Crippen LogP contribution is 2.26. The summed E-state index contributed by atoms with van der Waals surface area (Å²) in [5.74, 6) is -3.31. The van der Waals surface area contributed by atoms with E-state index in [9.17, 15) is 34.5 Å². The molecule has 0 aromatic heterocycles. The predicted octanol–water partition coefficient (Wildman–Crippen LogP) is 15.7. The third-order valence-corrected chi connectivity index (χ3v) is 13.1. The number of ether oxygens (including phenoxy) is 5. The van der Waals surface area contributed by atoms with Gasteiger partial charge in [-0.2, -0.15) is 0 Å². The van der Waals surface area contributed by atoms with E-state index in [2.05, 4.69) is 99.8 Å². The molecule has 1 heterocycles. The molecule has 1 aliphatic heterocycles. The van der Waals surface area contributed by atoms with Crippen molar-refractivity contribution in [1.82, 2.24) is 0 Å². The molecule has 0 spiro atoms. The van der Waals surface area contributed by atoms with Gasteiger partial charge in [0.25, 0.3) is 0 Å². The van der Waals surface area contributed by atoms with Crippen LogP contribution in [0.2, 0.25) is 0 Å². The second-order valence-electron chi connectivity index (χ2n) is 20.3. The average Bonchev–Trinajstić information content (AvgIpc) is 3.42. The highest BCUT2D eigenvalue weighted by Gasteiger charge is 2.50. The number of allylic oxidation sites excluding steroid dienone is 15. The normalized spacial score (nSPS) is 18.7. The van der Waals surface area contributed by atoms with Crippen LogP contribution in [0.1, 0.15) is 239 Å². The number of unbranched alkanes of at least 4 members (excludes halogenated alkanes) is 21. The van der Waals surface area contributed by atoms with E-state index in [0.29, 0.717) is 19.3 Å². The van der Waals surface area contributed by atoms with Crippen molar-refractivity contribution in [1.29, 1.82) is 0 Å². The fraction of sp³-hybridized carbons (Fsp3) is 0.692. The molecule has 0 amide bonds. The van der Waals surface area contributed by atoms with E-state index in [0.717, 1.165) is 109 Å². The maximum atomic E-state index is 13.1. The number of carbonyl (C=O) groups is 4. The molecular formula is C65H106O12. The Bertz CT molecular complexity index is 1710. The van der Waals surface area contributed by atoms with E-state index in [4.69, 9.17) is 23.7 Å². The molecule has 77 heavy (non-hydrogen) atoms. The molecule has 3 N–H and O–H groups in total. The molecule has 6 atom stereocenters. The van der Waals surface area contributed by atoms with Gasteiger partial charge in [-0.05, 0) is 96.3 Å². The van der Waals surface area contributed by atoms with Crippen LogP contribution < -0.4 is 0 Å². The minimum atomic E-state index is -1.92. The second kappa shape index (κ2) is 52.3. The lowest BCUT2D eigenvalue weighted by Crippen LogP contribution is -2.61. The molecule has 0 saturated carbocycles. The number of esters is 3. The van der Waals surface area contributed by atoms with Crippen molar-refractivity contribution in [3.05, 3.63) is 97.2 Å². The zero-order valence-electron chi connectivity index (χ0n) is 48.2. The standard InChI is InChI=1S/C65H106O12/c1-4-7-10-13-16-19-22-25-27-28-29-30-32-35-38-41-44-47-50-53-59(68)76-63-61(70)60(69)62(64(71)72)77-65(63)74-55-56(75-58(67)52-49-46-43-40-37-33-24-21-18-15-12-9-6-3)54-73-57(66)51-48-45-42-39-36-34-31-26-23-20-17-14-11-8-5-2/h8,11-12,15,17,20-21,24-27,31,36,39,45,48,56,60-63,65,69-70H,4-7,9-10,13-14,16,18-19,22-23,28-30,32-35,37-38,40-44,46-47,49-55H2,1-3H3,(H,71,72)/b11-8-,15-12-,20-17-,24-21-,27-25-,31-26-,39-36-,48-45-. The van der Waals surface area contributed by atoms with Gasteiger partial charge in [0.15, 0.2) is 24.6 Å². The Kier molecular flexibility index (Phi) is 48.0. The maximum Gasteiger partial charge on any atom is 0.335 e. The predicted molar refractivity (Wildman–Crippen MR) is 312 cm³/mol. The number of carboxylic acids is 1. The molecule has 12 heteroatoms. The highest BCUT2D eigenvalue weighted by atomic mass is 16.7. The topological polar surface area (TPSA) is 175 Å². The molecule has 1 saturated heterocycles. The first-order valence-electron chi connectivity index (χ1n) is 30.2. The number of aliphatic hydroxyl groups excluding tert-OH is 2. The van der Waals surface area contributed by atoms with Crippen LogP contribution in [0.4, 0.5) is 0 Å². The van der Waals surface area contributed by atoms with Crippen molar-refractivity contribution in [2.75, 3.05) is 13.2 Å². The van der Waals surface area contributed by atoms with E-state index in [1.807, 2.05) is 12.2 Å². The Morgan fingerprint density at radius 2 is 0.883 bits per heavy atom. The van der Waals surface area contributed by atoms with E-state index in [-0.39, 0.29) is 25.9 Å². The molecule has 0 aliphatic carbocycles. The zero-order valence-corrected chi connectivity index (χ0v) is 48.2. The smallest absolute Gasteiger partial charge is 0.335 e. The summed E-state index contributed by atoms with van der Waals surface area (Å²) in [7, 11) is 0. The Morgan fingerprint density at radius 1 is 0.455 bits per heavy atom. The Morgan fingerprint density at radius 3 is 1.38 bits per heavy atom. The molecule has 6 unspecified atom stereocenters. The first-order chi connectivity index (χ1) is 37.6. The number of carboxylic acid groups (broad SMARTS) is 1. The minimum Gasteiger partial charge on any atom is -0.479 e. The lowest BCUT2D eigenvalue weighted by atomic mass is 9.98. The number of hydrogen-bond donors (Lipinski definition) is 3. The molecule has 438 valence electrons.